The molecule has 0 radical (unpaired) electrons. The molecular weight excluding hydrogens is 324 g/mol. The van der Waals surface area contributed by atoms with Crippen LogP contribution >= 0.6 is 0 Å². The molecule has 25 heavy (non-hydrogen) atoms. The zero-order valence-corrected chi connectivity index (χ0v) is 14.2. The number of unbranched alkanes of at least 4 members (excludes halogenated alkanes) is 1. The lowest BCUT2D eigenvalue weighted by Crippen LogP contribution is -2.58. The molecule has 7 heteroatoms. The van der Waals surface area contributed by atoms with Crippen molar-refractivity contribution in [1.82, 2.24) is 0 Å². The largest absolute Gasteiger partial charge is 0.397 e. The molecule has 138 valence electrons. The Morgan fingerprint density at radius 3 is 2.48 bits per heavy atom. The van der Waals surface area contributed by atoms with Gasteiger partial charge in [0.05, 0.1) is 18.0 Å². The lowest BCUT2D eigenvalue weighted by atomic mass is 9.95. The highest BCUT2D eigenvalue weighted by atomic mass is 16.5. The molecule has 1 heterocycles. The highest BCUT2D eigenvalue weighted by molar-refractivity contribution is 5.72. The van der Waals surface area contributed by atoms with Gasteiger partial charge in [0.1, 0.15) is 30.5 Å². The zero-order valence-electron chi connectivity index (χ0n) is 14.2. The number of aliphatic hydroxyl groups excluding tert-OH is 4. The fourth-order valence-electron chi connectivity index (χ4n) is 2.74. The molecule has 0 bridgehead atoms. The van der Waals surface area contributed by atoms with Crippen molar-refractivity contribution in [1.29, 1.82) is 0 Å². The molecule has 0 aliphatic carbocycles. The molecule has 1 saturated heterocycles. The van der Waals surface area contributed by atoms with Crippen LogP contribution in [0.2, 0.25) is 0 Å². The number of anilines is 2. The minimum atomic E-state index is -1.46. The van der Waals surface area contributed by atoms with E-state index in [-0.39, 0.29) is 0 Å². The van der Waals surface area contributed by atoms with E-state index in [0.29, 0.717) is 16.9 Å². The first-order valence-corrected chi connectivity index (χ1v) is 8.39. The van der Waals surface area contributed by atoms with Crippen molar-refractivity contribution < 1.29 is 25.2 Å². The van der Waals surface area contributed by atoms with Gasteiger partial charge in [0.2, 0.25) is 0 Å². The van der Waals surface area contributed by atoms with Gasteiger partial charge in [-0.1, -0.05) is 25.2 Å². The second-order valence-corrected chi connectivity index (χ2v) is 6.27. The van der Waals surface area contributed by atoms with E-state index >= 15 is 0 Å². The number of rotatable bonds is 4. The van der Waals surface area contributed by atoms with Gasteiger partial charge in [-0.3, -0.25) is 0 Å². The number of hydrogen-bond acceptors (Lipinski definition) is 7. The molecule has 1 aromatic carbocycles. The predicted molar refractivity (Wildman–Crippen MR) is 94.5 cm³/mol. The van der Waals surface area contributed by atoms with E-state index in [2.05, 4.69) is 18.8 Å². The maximum Gasteiger partial charge on any atom is 0.147 e. The SMILES string of the molecule is CCCCc1cc(N)c(N)c(C#CC2OC(CO)[C@@H](O)C(O)C2O)c1. The molecule has 4 unspecified atom stereocenters. The van der Waals surface area contributed by atoms with Crippen LogP contribution in [0.4, 0.5) is 11.4 Å². The van der Waals surface area contributed by atoms with Gasteiger partial charge in [-0.25, -0.2) is 0 Å². The molecule has 8 N–H and O–H groups in total. The van der Waals surface area contributed by atoms with Gasteiger partial charge in [0, 0.05) is 5.56 Å². The van der Waals surface area contributed by atoms with E-state index in [9.17, 15) is 20.4 Å². The summed E-state index contributed by atoms with van der Waals surface area (Å²) in [6.07, 6.45) is -3.38. The Kier molecular flexibility index (Phi) is 6.64. The quantitative estimate of drug-likeness (QED) is 0.314. The van der Waals surface area contributed by atoms with E-state index in [0.717, 1.165) is 24.8 Å². The fraction of sp³-hybridized carbons (Fsp3) is 0.556. The van der Waals surface area contributed by atoms with Crippen LogP contribution in [-0.4, -0.2) is 57.6 Å². The van der Waals surface area contributed by atoms with Crippen LogP contribution in [0.5, 0.6) is 0 Å². The second kappa shape index (κ2) is 8.52. The summed E-state index contributed by atoms with van der Waals surface area (Å²) in [4.78, 5) is 0. The van der Waals surface area contributed by atoms with Crippen molar-refractivity contribution in [3.05, 3.63) is 23.3 Å². The monoisotopic (exact) mass is 350 g/mol. The average Bonchev–Trinajstić information content (AvgIpc) is 2.60. The average molecular weight is 350 g/mol. The van der Waals surface area contributed by atoms with Crippen molar-refractivity contribution in [2.75, 3.05) is 18.1 Å². The van der Waals surface area contributed by atoms with Gasteiger partial charge in [0.25, 0.3) is 0 Å². The summed E-state index contributed by atoms with van der Waals surface area (Å²) in [6, 6.07) is 3.67. The van der Waals surface area contributed by atoms with E-state index < -0.39 is 37.1 Å². The van der Waals surface area contributed by atoms with Crippen LogP contribution in [0.15, 0.2) is 12.1 Å². The Labute approximate surface area is 147 Å². The second-order valence-electron chi connectivity index (χ2n) is 6.27. The third-order valence-corrected chi connectivity index (χ3v) is 4.33. The van der Waals surface area contributed by atoms with Crippen LogP contribution in [-0.2, 0) is 11.2 Å². The molecule has 1 aliphatic rings. The lowest BCUT2D eigenvalue weighted by Gasteiger charge is -2.37. The van der Waals surface area contributed by atoms with E-state index in [4.69, 9.17) is 16.2 Å². The van der Waals surface area contributed by atoms with E-state index in [1.807, 2.05) is 12.1 Å². The van der Waals surface area contributed by atoms with Gasteiger partial charge in [-0.05, 0) is 30.5 Å². The van der Waals surface area contributed by atoms with Crippen LogP contribution in [0.1, 0.15) is 30.9 Å². The summed E-state index contributed by atoms with van der Waals surface area (Å²) >= 11 is 0. The number of ether oxygens (including phenoxy) is 1. The third kappa shape index (κ3) is 4.42. The Balaban J connectivity index is 2.26. The number of hydrogen-bond donors (Lipinski definition) is 6. The lowest BCUT2D eigenvalue weighted by molar-refractivity contribution is -0.214. The smallest absolute Gasteiger partial charge is 0.147 e. The number of nitrogens with two attached hydrogens (primary N) is 2. The summed E-state index contributed by atoms with van der Waals surface area (Å²) in [6.45, 7) is 1.60. The first-order valence-electron chi connectivity index (χ1n) is 8.39. The molecule has 0 aromatic heterocycles. The summed E-state index contributed by atoms with van der Waals surface area (Å²) < 4.78 is 5.36. The van der Waals surface area contributed by atoms with Crippen molar-refractivity contribution in [2.45, 2.75) is 56.7 Å². The Morgan fingerprint density at radius 2 is 1.84 bits per heavy atom. The molecule has 0 saturated carbocycles. The standard InChI is InChI=1S/C18H26N2O5/c1-2-3-4-10-7-11(15(20)12(19)8-10)5-6-13-16(22)18(24)17(23)14(9-21)25-13/h7-8,13-14,16-18,21-24H,2-4,9,19-20H2,1H3/t13?,14?,16?,17-,18?/m1/s1. The van der Waals surface area contributed by atoms with Gasteiger partial charge in [0.15, 0.2) is 0 Å². The molecule has 5 atom stereocenters. The van der Waals surface area contributed by atoms with Gasteiger partial charge < -0.3 is 36.6 Å². The van der Waals surface area contributed by atoms with Gasteiger partial charge >= 0.3 is 0 Å². The molecule has 1 aromatic rings. The first-order chi connectivity index (χ1) is 11.9. The van der Waals surface area contributed by atoms with Gasteiger partial charge in [-0.15, -0.1) is 0 Å². The maximum absolute atomic E-state index is 10.0. The number of aliphatic hydroxyl groups is 4. The minimum absolute atomic E-state index is 0.345. The molecule has 7 nitrogen and oxygen atoms in total. The number of nitrogen functional groups attached to an aromatic ring is 2. The molecule has 1 aliphatic heterocycles. The maximum atomic E-state index is 10.0. The predicted octanol–water partition coefficient (Wildman–Crippen LogP) is -0.612. The normalized spacial score (nSPS) is 29.1. The summed E-state index contributed by atoms with van der Waals surface area (Å²) in [5.74, 6) is 5.55. The highest BCUT2D eigenvalue weighted by Crippen LogP contribution is 2.24. The number of aryl methyl sites for hydroxylation is 1. The summed E-state index contributed by atoms with van der Waals surface area (Å²) in [5, 5.41) is 38.8. The van der Waals surface area contributed by atoms with Crippen molar-refractivity contribution in [3.8, 4) is 11.8 Å². The fourth-order valence-corrected chi connectivity index (χ4v) is 2.74. The zero-order chi connectivity index (χ0) is 18.6. The minimum Gasteiger partial charge on any atom is -0.397 e. The molecule has 0 amide bonds. The molecule has 0 spiro atoms. The van der Waals surface area contributed by atoms with Crippen LogP contribution in [0.25, 0.3) is 0 Å². The summed E-state index contributed by atoms with van der Waals surface area (Å²) in [5.41, 5.74) is 14.2. The van der Waals surface area contributed by atoms with Crippen LogP contribution < -0.4 is 11.5 Å². The van der Waals surface area contributed by atoms with Crippen LogP contribution in [0.3, 0.4) is 0 Å². The molecule has 2 rings (SSSR count). The molecule has 1 fully saturated rings. The number of benzene rings is 1. The first kappa shape index (κ1) is 19.5. The van der Waals surface area contributed by atoms with E-state index in [1.54, 1.807) is 0 Å². The Bertz CT molecular complexity index is 653. The topological polar surface area (TPSA) is 142 Å². The van der Waals surface area contributed by atoms with Crippen molar-refractivity contribution in [2.24, 2.45) is 0 Å². The van der Waals surface area contributed by atoms with Crippen molar-refractivity contribution >= 4 is 11.4 Å². The van der Waals surface area contributed by atoms with Crippen LogP contribution in [0, 0.1) is 11.8 Å². The highest BCUT2D eigenvalue weighted by Gasteiger charge is 2.42. The third-order valence-electron chi connectivity index (χ3n) is 4.33. The molecular formula is C18H26N2O5. The summed E-state index contributed by atoms with van der Waals surface area (Å²) in [7, 11) is 0. The van der Waals surface area contributed by atoms with E-state index in [1.165, 1.54) is 0 Å². The Hall–Kier alpha value is -1.82. The van der Waals surface area contributed by atoms with Gasteiger partial charge in [-0.2, -0.15) is 0 Å². The van der Waals surface area contributed by atoms with Crippen molar-refractivity contribution in [3.63, 3.8) is 0 Å². The Morgan fingerprint density at radius 1 is 1.12 bits per heavy atom.